The minimum atomic E-state index is -0.380. The predicted molar refractivity (Wildman–Crippen MR) is 74.1 cm³/mol. The van der Waals surface area contributed by atoms with Crippen LogP contribution in [0.3, 0.4) is 0 Å². The van der Waals surface area contributed by atoms with Crippen LogP contribution in [-0.2, 0) is 14.3 Å². The number of ether oxygens (including phenoxy) is 2. The summed E-state index contributed by atoms with van der Waals surface area (Å²) in [5, 5.41) is 9.06. The fraction of sp³-hybridized carbons (Fsp3) is 0.812. The van der Waals surface area contributed by atoms with E-state index in [1.807, 2.05) is 0 Å². The third-order valence-electron chi connectivity index (χ3n) is 5.23. The molecule has 4 heteroatoms. The molecule has 4 nitrogen and oxygen atoms in total. The normalized spacial score (nSPS) is 45.4. The smallest absolute Gasteiger partial charge is 0.330 e. The van der Waals surface area contributed by atoms with Crippen LogP contribution >= 0.6 is 0 Å². The molecule has 4 aliphatic carbocycles. The van der Waals surface area contributed by atoms with Crippen LogP contribution < -0.4 is 0 Å². The Labute approximate surface area is 120 Å². The van der Waals surface area contributed by atoms with Crippen LogP contribution in [-0.4, -0.2) is 35.5 Å². The van der Waals surface area contributed by atoms with Crippen LogP contribution in [0, 0.1) is 11.3 Å². The van der Waals surface area contributed by atoms with Gasteiger partial charge in [-0.05, 0) is 43.4 Å². The fourth-order valence-corrected chi connectivity index (χ4v) is 5.52. The van der Waals surface area contributed by atoms with E-state index in [4.69, 9.17) is 14.6 Å². The topological polar surface area (TPSA) is 55.8 Å². The predicted octanol–water partition coefficient (Wildman–Crippen LogP) is 2.21. The summed E-state index contributed by atoms with van der Waals surface area (Å²) in [6.45, 7) is 6.20. The van der Waals surface area contributed by atoms with Gasteiger partial charge in [0.25, 0.3) is 0 Å². The van der Waals surface area contributed by atoms with Crippen LogP contribution in [0.5, 0.6) is 0 Å². The highest BCUT2D eigenvalue weighted by molar-refractivity contribution is 5.81. The maximum Gasteiger partial charge on any atom is 0.330 e. The summed E-state index contributed by atoms with van der Waals surface area (Å²) in [6.07, 6.45) is 7.16. The van der Waals surface area contributed by atoms with Gasteiger partial charge in [0.2, 0.25) is 0 Å². The highest BCUT2D eigenvalue weighted by Gasteiger charge is 2.64. The summed E-state index contributed by atoms with van der Waals surface area (Å²) < 4.78 is 11.8. The molecule has 4 rings (SSSR count). The van der Waals surface area contributed by atoms with Gasteiger partial charge in [0.05, 0.1) is 18.8 Å². The van der Waals surface area contributed by atoms with E-state index in [-0.39, 0.29) is 29.2 Å². The summed E-state index contributed by atoms with van der Waals surface area (Å²) in [7, 11) is 0. The first kappa shape index (κ1) is 14.1. The van der Waals surface area contributed by atoms with Crippen LogP contribution in [0.1, 0.15) is 45.4 Å². The van der Waals surface area contributed by atoms with Gasteiger partial charge < -0.3 is 14.6 Å². The molecule has 0 saturated heterocycles. The zero-order valence-electron chi connectivity index (χ0n) is 12.2. The molecule has 0 radical (unpaired) electrons. The summed E-state index contributed by atoms with van der Waals surface area (Å²) >= 11 is 0. The van der Waals surface area contributed by atoms with E-state index in [9.17, 15) is 4.79 Å². The average molecular weight is 280 g/mol. The van der Waals surface area contributed by atoms with E-state index in [1.54, 1.807) is 0 Å². The molecular weight excluding hydrogens is 256 g/mol. The first-order chi connectivity index (χ1) is 9.42. The SMILES string of the molecule is C=CC(=O)OC12CC3CC(C)(CC(OCCO)(C3)C1)C2. The largest absolute Gasteiger partial charge is 0.456 e. The zero-order valence-corrected chi connectivity index (χ0v) is 12.2. The zero-order chi connectivity index (χ0) is 14.4. The van der Waals surface area contributed by atoms with E-state index in [0.717, 1.165) is 32.1 Å². The molecule has 4 aliphatic rings. The first-order valence-electron chi connectivity index (χ1n) is 7.53. The van der Waals surface area contributed by atoms with Gasteiger partial charge in [0.1, 0.15) is 5.60 Å². The van der Waals surface area contributed by atoms with E-state index < -0.39 is 0 Å². The molecule has 112 valence electrons. The van der Waals surface area contributed by atoms with E-state index in [0.29, 0.717) is 12.5 Å². The van der Waals surface area contributed by atoms with Crippen LogP contribution in [0.15, 0.2) is 12.7 Å². The van der Waals surface area contributed by atoms with Crippen molar-refractivity contribution in [2.24, 2.45) is 11.3 Å². The van der Waals surface area contributed by atoms with Crippen molar-refractivity contribution in [3.05, 3.63) is 12.7 Å². The third kappa shape index (κ3) is 2.29. The molecule has 0 spiro atoms. The molecule has 0 aromatic carbocycles. The van der Waals surface area contributed by atoms with Crippen molar-refractivity contribution in [2.45, 2.75) is 56.7 Å². The fourth-order valence-electron chi connectivity index (χ4n) is 5.52. The van der Waals surface area contributed by atoms with Crippen molar-refractivity contribution < 1.29 is 19.4 Å². The highest BCUT2D eigenvalue weighted by Crippen LogP contribution is 2.65. The van der Waals surface area contributed by atoms with E-state index in [1.165, 1.54) is 12.5 Å². The average Bonchev–Trinajstić information content (AvgIpc) is 2.32. The van der Waals surface area contributed by atoms with Gasteiger partial charge in [-0.15, -0.1) is 0 Å². The molecule has 4 atom stereocenters. The van der Waals surface area contributed by atoms with Crippen LogP contribution in [0.4, 0.5) is 0 Å². The lowest BCUT2D eigenvalue weighted by Crippen LogP contribution is -2.64. The maximum absolute atomic E-state index is 11.7. The van der Waals surface area contributed by atoms with Gasteiger partial charge in [-0.3, -0.25) is 0 Å². The number of aliphatic hydroxyl groups is 1. The van der Waals surface area contributed by atoms with Crippen LogP contribution in [0.2, 0.25) is 0 Å². The number of hydrogen-bond acceptors (Lipinski definition) is 4. The Bertz CT molecular complexity index is 434. The van der Waals surface area contributed by atoms with Crippen molar-refractivity contribution in [1.29, 1.82) is 0 Å². The number of hydrogen-bond donors (Lipinski definition) is 1. The number of carbonyl (C=O) groups is 1. The van der Waals surface area contributed by atoms with Gasteiger partial charge >= 0.3 is 5.97 Å². The Morgan fingerprint density at radius 1 is 1.30 bits per heavy atom. The van der Waals surface area contributed by atoms with Crippen molar-refractivity contribution in [2.75, 3.05) is 13.2 Å². The second-order valence-electron chi connectivity index (χ2n) is 7.38. The second-order valence-corrected chi connectivity index (χ2v) is 7.38. The van der Waals surface area contributed by atoms with Crippen LogP contribution in [0.25, 0.3) is 0 Å². The van der Waals surface area contributed by atoms with E-state index >= 15 is 0 Å². The highest BCUT2D eigenvalue weighted by atomic mass is 16.6. The standard InChI is InChI=1S/C16H24O4/c1-3-13(18)20-16-8-12-6-14(2,10-16)9-15(7-12,11-16)19-5-4-17/h3,12,17H,1,4-11H2,2H3. The molecule has 0 heterocycles. The molecule has 4 bridgehead atoms. The van der Waals surface area contributed by atoms with E-state index in [2.05, 4.69) is 13.5 Å². The molecule has 0 aromatic heterocycles. The molecule has 0 amide bonds. The molecule has 1 N–H and O–H groups in total. The number of rotatable bonds is 5. The summed E-state index contributed by atoms with van der Waals surface area (Å²) in [5.41, 5.74) is -0.399. The Hall–Kier alpha value is -0.870. The minimum absolute atomic E-state index is 0.0442. The molecule has 4 fully saturated rings. The number of aliphatic hydroxyl groups excluding tert-OH is 1. The summed E-state index contributed by atoms with van der Waals surface area (Å²) in [6, 6.07) is 0. The lowest BCUT2D eigenvalue weighted by Gasteiger charge is -2.64. The quantitative estimate of drug-likeness (QED) is 0.619. The van der Waals surface area contributed by atoms with Crippen molar-refractivity contribution in [1.82, 2.24) is 0 Å². The molecule has 0 aromatic rings. The second kappa shape index (κ2) is 4.57. The minimum Gasteiger partial charge on any atom is -0.456 e. The van der Waals surface area contributed by atoms with Gasteiger partial charge in [0.15, 0.2) is 0 Å². The molecule has 4 unspecified atom stereocenters. The molecular formula is C16H24O4. The first-order valence-corrected chi connectivity index (χ1v) is 7.53. The monoisotopic (exact) mass is 280 g/mol. The van der Waals surface area contributed by atoms with Gasteiger partial charge in [-0.1, -0.05) is 13.5 Å². The summed E-state index contributed by atoms with van der Waals surface area (Å²) in [5.74, 6) is 0.236. The molecule has 4 saturated carbocycles. The van der Waals surface area contributed by atoms with Crippen molar-refractivity contribution in [3.63, 3.8) is 0 Å². The Balaban J connectivity index is 1.86. The molecule has 0 aliphatic heterocycles. The summed E-state index contributed by atoms with van der Waals surface area (Å²) in [4.78, 5) is 11.7. The lowest BCUT2D eigenvalue weighted by molar-refractivity contribution is -0.252. The maximum atomic E-state index is 11.7. The van der Waals surface area contributed by atoms with Gasteiger partial charge in [0, 0.05) is 12.5 Å². The number of esters is 1. The molecule has 20 heavy (non-hydrogen) atoms. The Kier molecular flexibility index (Phi) is 3.22. The lowest BCUT2D eigenvalue weighted by atomic mass is 9.46. The van der Waals surface area contributed by atoms with Crippen molar-refractivity contribution in [3.8, 4) is 0 Å². The third-order valence-corrected chi connectivity index (χ3v) is 5.23. The van der Waals surface area contributed by atoms with Crippen molar-refractivity contribution >= 4 is 5.97 Å². The Morgan fingerprint density at radius 3 is 2.65 bits per heavy atom. The number of carbonyl (C=O) groups excluding carboxylic acids is 1. The van der Waals surface area contributed by atoms with Gasteiger partial charge in [-0.25, -0.2) is 4.79 Å². The van der Waals surface area contributed by atoms with Gasteiger partial charge in [-0.2, -0.15) is 0 Å². The Morgan fingerprint density at radius 2 is 2.00 bits per heavy atom.